The van der Waals surface area contributed by atoms with Gasteiger partial charge in [0, 0.05) is 0 Å². The fraction of sp³-hybridized carbons (Fsp3) is 1.00. The van der Waals surface area contributed by atoms with Gasteiger partial charge in [-0.3, -0.25) is 0 Å². The molecule has 2 fully saturated rings. The minimum atomic E-state index is 0.0729. The van der Waals surface area contributed by atoms with Gasteiger partial charge in [-0.25, -0.2) is 4.89 Å². The lowest BCUT2D eigenvalue weighted by atomic mass is 9.98. The predicted molar refractivity (Wildman–Crippen MR) is 31.0 cm³/mol. The summed E-state index contributed by atoms with van der Waals surface area (Å²) >= 11 is 0. The fourth-order valence-corrected chi connectivity index (χ4v) is 2.30. The molecule has 3 atom stereocenters. The molecule has 2 bridgehead atoms. The fourth-order valence-electron chi connectivity index (χ4n) is 2.30. The Labute approximate surface area is 54.8 Å². The lowest BCUT2D eigenvalue weighted by Gasteiger charge is -2.15. The van der Waals surface area contributed by atoms with Crippen molar-refractivity contribution in [2.75, 3.05) is 0 Å². The molecule has 2 aliphatic rings. The van der Waals surface area contributed by atoms with Crippen LogP contribution in [0.25, 0.3) is 0 Å². The van der Waals surface area contributed by atoms with Crippen molar-refractivity contribution in [2.45, 2.75) is 31.8 Å². The van der Waals surface area contributed by atoms with E-state index in [1.54, 1.807) is 0 Å². The Hall–Kier alpha value is -0.0800. The zero-order valence-corrected chi connectivity index (χ0v) is 5.38. The summed E-state index contributed by atoms with van der Waals surface area (Å²) in [6.07, 6.45) is 4.94. The summed E-state index contributed by atoms with van der Waals surface area (Å²) < 4.78 is 0. The third-order valence-electron chi connectivity index (χ3n) is 2.80. The van der Waals surface area contributed by atoms with Gasteiger partial charge in [-0.1, -0.05) is 0 Å². The molecule has 0 amide bonds. The average molecular weight is 127 g/mol. The van der Waals surface area contributed by atoms with Crippen LogP contribution < -0.4 is 0 Å². The minimum absolute atomic E-state index is 0.0729. The maximum atomic E-state index is 10.0. The SMILES string of the molecule is [O]OC1CC2CCC1C2. The van der Waals surface area contributed by atoms with Gasteiger partial charge >= 0.3 is 0 Å². The Kier molecular flexibility index (Phi) is 1.24. The van der Waals surface area contributed by atoms with E-state index >= 15 is 0 Å². The van der Waals surface area contributed by atoms with E-state index in [-0.39, 0.29) is 6.10 Å². The molecule has 0 N–H and O–H groups in total. The van der Waals surface area contributed by atoms with Gasteiger partial charge in [0.15, 0.2) is 0 Å². The van der Waals surface area contributed by atoms with Gasteiger partial charge in [-0.15, -0.1) is 0 Å². The highest BCUT2D eigenvalue weighted by Gasteiger charge is 2.40. The molecule has 2 saturated carbocycles. The van der Waals surface area contributed by atoms with E-state index in [1.807, 2.05) is 0 Å². The molecule has 1 radical (unpaired) electrons. The molecule has 0 saturated heterocycles. The van der Waals surface area contributed by atoms with Gasteiger partial charge in [0.2, 0.25) is 0 Å². The van der Waals surface area contributed by atoms with E-state index in [2.05, 4.69) is 4.89 Å². The maximum absolute atomic E-state index is 10.0. The Balaban J connectivity index is 2.01. The van der Waals surface area contributed by atoms with Crippen molar-refractivity contribution in [3.05, 3.63) is 0 Å². The van der Waals surface area contributed by atoms with Crippen LogP contribution in [0.1, 0.15) is 25.7 Å². The van der Waals surface area contributed by atoms with E-state index in [1.165, 1.54) is 19.3 Å². The summed E-state index contributed by atoms with van der Waals surface area (Å²) in [5.41, 5.74) is 0. The molecule has 0 aliphatic heterocycles. The molecule has 0 spiro atoms. The first-order valence-electron chi connectivity index (χ1n) is 3.69. The van der Waals surface area contributed by atoms with E-state index in [0.717, 1.165) is 12.3 Å². The minimum Gasteiger partial charge on any atom is -0.200 e. The summed E-state index contributed by atoms with van der Waals surface area (Å²) in [4.78, 5) is 4.10. The van der Waals surface area contributed by atoms with Crippen LogP contribution >= 0.6 is 0 Å². The van der Waals surface area contributed by atoms with Crippen LogP contribution in [0.4, 0.5) is 0 Å². The Morgan fingerprint density at radius 2 is 2.11 bits per heavy atom. The maximum Gasteiger partial charge on any atom is 0.0993 e. The molecule has 0 aromatic rings. The van der Waals surface area contributed by atoms with Crippen molar-refractivity contribution in [1.29, 1.82) is 0 Å². The van der Waals surface area contributed by atoms with Crippen LogP contribution in [0.5, 0.6) is 0 Å². The number of rotatable bonds is 1. The second-order valence-corrected chi connectivity index (χ2v) is 3.31. The van der Waals surface area contributed by atoms with Gasteiger partial charge in [0.05, 0.1) is 6.10 Å². The Morgan fingerprint density at radius 3 is 2.44 bits per heavy atom. The predicted octanol–water partition coefficient (Wildman–Crippen LogP) is 1.54. The topological polar surface area (TPSA) is 29.1 Å². The first-order chi connectivity index (χ1) is 4.40. The number of hydrogen-bond acceptors (Lipinski definition) is 1. The highest BCUT2D eigenvalue weighted by atomic mass is 17.1. The van der Waals surface area contributed by atoms with Gasteiger partial charge in [0.25, 0.3) is 0 Å². The smallest absolute Gasteiger partial charge is 0.0993 e. The first-order valence-corrected chi connectivity index (χ1v) is 3.69. The highest BCUT2D eigenvalue weighted by Crippen LogP contribution is 2.45. The van der Waals surface area contributed by atoms with Crippen molar-refractivity contribution < 1.29 is 10.1 Å². The molecule has 9 heavy (non-hydrogen) atoms. The normalized spacial score (nSPS) is 48.3. The van der Waals surface area contributed by atoms with E-state index in [0.29, 0.717) is 5.92 Å². The van der Waals surface area contributed by atoms with Crippen molar-refractivity contribution >= 4 is 0 Å². The summed E-state index contributed by atoms with van der Waals surface area (Å²) in [5, 5.41) is 10.0. The molecule has 2 nitrogen and oxygen atoms in total. The number of fused-ring (bicyclic) bond motifs is 2. The van der Waals surface area contributed by atoms with Crippen LogP contribution in [0.2, 0.25) is 0 Å². The molecule has 3 unspecified atom stereocenters. The van der Waals surface area contributed by atoms with Gasteiger partial charge in [0.1, 0.15) is 0 Å². The van der Waals surface area contributed by atoms with Crippen LogP contribution in [-0.2, 0) is 10.1 Å². The van der Waals surface area contributed by atoms with Gasteiger partial charge < -0.3 is 0 Å². The lowest BCUT2D eigenvalue weighted by Crippen LogP contribution is -2.17. The standard InChI is InChI=1S/C7H11O2/c8-9-7-4-5-1-2-6(7)3-5/h5-7H,1-4H2. The molecule has 2 rings (SSSR count). The van der Waals surface area contributed by atoms with E-state index < -0.39 is 0 Å². The van der Waals surface area contributed by atoms with Crippen molar-refractivity contribution in [3.8, 4) is 0 Å². The van der Waals surface area contributed by atoms with Crippen LogP contribution in [0.15, 0.2) is 0 Å². The number of hydrogen-bond donors (Lipinski definition) is 0. The summed E-state index contributed by atoms with van der Waals surface area (Å²) in [6.45, 7) is 0. The van der Waals surface area contributed by atoms with Crippen molar-refractivity contribution in [1.82, 2.24) is 0 Å². The average Bonchev–Trinajstić information content (AvgIpc) is 2.45. The summed E-state index contributed by atoms with van der Waals surface area (Å²) in [6, 6.07) is 0. The Morgan fingerprint density at radius 1 is 1.22 bits per heavy atom. The summed E-state index contributed by atoms with van der Waals surface area (Å²) in [7, 11) is 0. The summed E-state index contributed by atoms with van der Waals surface area (Å²) in [5.74, 6) is 1.45. The third kappa shape index (κ3) is 0.775. The Bertz CT molecular complexity index is 113. The lowest BCUT2D eigenvalue weighted by molar-refractivity contribution is -0.342. The zero-order chi connectivity index (χ0) is 6.27. The second kappa shape index (κ2) is 1.96. The zero-order valence-electron chi connectivity index (χ0n) is 5.38. The second-order valence-electron chi connectivity index (χ2n) is 3.31. The van der Waals surface area contributed by atoms with Crippen LogP contribution in [0.3, 0.4) is 0 Å². The molecular formula is C7H11O2. The molecule has 0 aromatic carbocycles. The van der Waals surface area contributed by atoms with Crippen LogP contribution in [0, 0.1) is 11.8 Å². The monoisotopic (exact) mass is 127 g/mol. The quantitative estimate of drug-likeness (QED) is 0.388. The van der Waals surface area contributed by atoms with Crippen molar-refractivity contribution in [2.24, 2.45) is 11.8 Å². The van der Waals surface area contributed by atoms with E-state index in [9.17, 15) is 5.26 Å². The molecule has 0 heterocycles. The third-order valence-corrected chi connectivity index (χ3v) is 2.80. The first kappa shape index (κ1) is 5.69. The van der Waals surface area contributed by atoms with Crippen molar-refractivity contribution in [3.63, 3.8) is 0 Å². The molecule has 0 aromatic heterocycles. The molecular weight excluding hydrogens is 116 g/mol. The van der Waals surface area contributed by atoms with E-state index in [4.69, 9.17) is 0 Å². The van der Waals surface area contributed by atoms with Crippen LogP contribution in [-0.4, -0.2) is 6.10 Å². The largest absolute Gasteiger partial charge is 0.200 e. The molecule has 51 valence electrons. The molecule has 2 heteroatoms. The molecule has 2 aliphatic carbocycles. The van der Waals surface area contributed by atoms with Gasteiger partial charge in [-0.2, -0.15) is 0 Å². The highest BCUT2D eigenvalue weighted by molar-refractivity contribution is 4.90. The van der Waals surface area contributed by atoms with Gasteiger partial charge in [-0.05, 0) is 42.8 Å².